The van der Waals surface area contributed by atoms with Crippen LogP contribution >= 0.6 is 11.6 Å². The summed E-state index contributed by atoms with van der Waals surface area (Å²) >= 11 is 6.03. The minimum Gasteiger partial charge on any atom is -0.491 e. The van der Waals surface area contributed by atoms with Crippen LogP contribution in [-0.2, 0) is 11.3 Å². The van der Waals surface area contributed by atoms with Crippen molar-refractivity contribution in [3.05, 3.63) is 77.6 Å². The fourth-order valence-corrected chi connectivity index (χ4v) is 2.72. The summed E-state index contributed by atoms with van der Waals surface area (Å²) in [5, 5.41) is 4.89. The number of hydrogen-bond donors (Lipinski definition) is 0. The highest BCUT2D eigenvalue weighted by Crippen LogP contribution is 2.23. The molecule has 0 aliphatic rings. The molecule has 134 valence electrons. The molecule has 0 aliphatic carbocycles. The minimum absolute atomic E-state index is 0.00418. The van der Waals surface area contributed by atoms with E-state index in [1.807, 2.05) is 48.7 Å². The van der Waals surface area contributed by atoms with Gasteiger partial charge in [0.05, 0.1) is 29.9 Å². The molecule has 0 saturated heterocycles. The fraction of sp³-hybridized carbons (Fsp3) is 0.200. The van der Waals surface area contributed by atoms with Crippen LogP contribution < -0.4 is 4.74 Å². The van der Waals surface area contributed by atoms with Gasteiger partial charge in [-0.05, 0) is 24.3 Å². The Balaban J connectivity index is 1.50. The van der Waals surface area contributed by atoms with Crippen LogP contribution in [0.5, 0.6) is 5.75 Å². The summed E-state index contributed by atoms with van der Waals surface area (Å²) in [6, 6.07) is 17.1. The number of para-hydroxylation sites is 2. The molecule has 0 bridgehead atoms. The number of carbonyl (C=O) groups excluding carboxylic acids is 1. The van der Waals surface area contributed by atoms with Gasteiger partial charge in [0.1, 0.15) is 5.75 Å². The zero-order chi connectivity index (χ0) is 18.4. The Morgan fingerprint density at radius 3 is 2.65 bits per heavy atom. The van der Waals surface area contributed by atoms with Gasteiger partial charge in [0, 0.05) is 25.4 Å². The van der Waals surface area contributed by atoms with E-state index in [2.05, 4.69) is 5.10 Å². The zero-order valence-corrected chi connectivity index (χ0v) is 15.3. The molecule has 0 fully saturated rings. The summed E-state index contributed by atoms with van der Waals surface area (Å²) in [5.41, 5.74) is 1.96. The largest absolute Gasteiger partial charge is 0.491 e. The third-order valence-corrected chi connectivity index (χ3v) is 4.22. The van der Waals surface area contributed by atoms with E-state index in [0.29, 0.717) is 17.3 Å². The zero-order valence-electron chi connectivity index (χ0n) is 14.5. The first-order chi connectivity index (χ1) is 12.6. The molecule has 0 saturated carbocycles. The molecule has 0 radical (unpaired) electrons. The van der Waals surface area contributed by atoms with Crippen LogP contribution in [0.2, 0.25) is 5.02 Å². The van der Waals surface area contributed by atoms with Gasteiger partial charge >= 0.3 is 0 Å². The van der Waals surface area contributed by atoms with Gasteiger partial charge in [-0.1, -0.05) is 41.9 Å². The van der Waals surface area contributed by atoms with E-state index in [1.165, 1.54) is 0 Å². The lowest BCUT2D eigenvalue weighted by molar-refractivity contribution is -0.130. The molecule has 3 aromatic rings. The SMILES string of the molecule is CN(Cc1cnn(-c2ccccc2)c1)C(=O)CCOc1ccccc1Cl. The summed E-state index contributed by atoms with van der Waals surface area (Å²) in [6.07, 6.45) is 3.99. The Morgan fingerprint density at radius 2 is 1.88 bits per heavy atom. The average Bonchev–Trinajstić information content (AvgIpc) is 3.12. The number of nitrogens with zero attached hydrogens (tertiary/aromatic N) is 3. The van der Waals surface area contributed by atoms with E-state index in [1.54, 1.807) is 35.0 Å². The van der Waals surface area contributed by atoms with Gasteiger partial charge in [-0.15, -0.1) is 0 Å². The van der Waals surface area contributed by atoms with Crippen molar-refractivity contribution < 1.29 is 9.53 Å². The third kappa shape index (κ3) is 4.64. The van der Waals surface area contributed by atoms with Crippen molar-refractivity contribution in [1.29, 1.82) is 0 Å². The summed E-state index contributed by atoms with van der Waals surface area (Å²) in [6.45, 7) is 0.786. The molecular weight excluding hydrogens is 350 g/mol. The Bertz CT molecular complexity index is 864. The third-order valence-electron chi connectivity index (χ3n) is 3.91. The smallest absolute Gasteiger partial charge is 0.226 e. The first-order valence-electron chi connectivity index (χ1n) is 8.34. The van der Waals surface area contributed by atoms with E-state index in [0.717, 1.165) is 11.3 Å². The standard InChI is InChI=1S/C20H20ClN3O2/c1-23(20(25)11-12-26-19-10-6-5-9-18(19)21)14-16-13-22-24(15-16)17-7-3-2-4-8-17/h2-10,13,15H,11-12,14H2,1H3. The average molecular weight is 370 g/mol. The molecule has 3 rings (SSSR count). The van der Waals surface area contributed by atoms with Crippen LogP contribution in [-0.4, -0.2) is 34.2 Å². The molecule has 0 unspecified atom stereocenters. The van der Waals surface area contributed by atoms with Gasteiger partial charge < -0.3 is 9.64 Å². The number of benzene rings is 2. The first-order valence-corrected chi connectivity index (χ1v) is 8.71. The second kappa shape index (κ2) is 8.54. The highest BCUT2D eigenvalue weighted by atomic mass is 35.5. The van der Waals surface area contributed by atoms with Crippen LogP contribution in [0.3, 0.4) is 0 Å². The summed E-state index contributed by atoms with van der Waals surface area (Å²) in [7, 11) is 1.78. The van der Waals surface area contributed by atoms with Crippen molar-refractivity contribution in [3.63, 3.8) is 0 Å². The summed E-state index contributed by atoms with van der Waals surface area (Å²) in [5.74, 6) is 0.596. The Hall–Kier alpha value is -2.79. The van der Waals surface area contributed by atoms with Gasteiger partial charge in [0.2, 0.25) is 5.91 Å². The molecule has 0 atom stereocenters. The highest BCUT2D eigenvalue weighted by Gasteiger charge is 2.11. The van der Waals surface area contributed by atoms with E-state index in [9.17, 15) is 4.79 Å². The van der Waals surface area contributed by atoms with Crippen LogP contribution in [0, 0.1) is 0 Å². The molecule has 1 amide bonds. The number of amides is 1. The molecule has 1 aromatic heterocycles. The van der Waals surface area contributed by atoms with Crippen LogP contribution in [0.1, 0.15) is 12.0 Å². The predicted molar refractivity (Wildman–Crippen MR) is 102 cm³/mol. The predicted octanol–water partition coefficient (Wildman–Crippen LogP) is 3.95. The molecule has 0 N–H and O–H groups in total. The van der Waals surface area contributed by atoms with E-state index < -0.39 is 0 Å². The Morgan fingerprint density at radius 1 is 1.15 bits per heavy atom. The summed E-state index contributed by atoms with van der Waals surface area (Å²) < 4.78 is 7.37. The number of hydrogen-bond acceptors (Lipinski definition) is 3. The quantitative estimate of drug-likeness (QED) is 0.633. The molecule has 5 nitrogen and oxygen atoms in total. The maximum atomic E-state index is 12.3. The van der Waals surface area contributed by atoms with Crippen LogP contribution in [0.25, 0.3) is 5.69 Å². The lowest BCUT2D eigenvalue weighted by Crippen LogP contribution is -2.27. The van der Waals surface area contributed by atoms with Gasteiger partial charge in [0.25, 0.3) is 0 Å². The van der Waals surface area contributed by atoms with Crippen molar-refractivity contribution in [2.45, 2.75) is 13.0 Å². The van der Waals surface area contributed by atoms with Gasteiger partial charge in [-0.25, -0.2) is 4.68 Å². The highest BCUT2D eigenvalue weighted by molar-refractivity contribution is 6.32. The van der Waals surface area contributed by atoms with Gasteiger partial charge in [0.15, 0.2) is 0 Å². The Kier molecular flexibility index (Phi) is 5.92. The van der Waals surface area contributed by atoms with Crippen molar-refractivity contribution in [2.24, 2.45) is 0 Å². The molecule has 26 heavy (non-hydrogen) atoms. The van der Waals surface area contributed by atoms with Crippen molar-refractivity contribution >= 4 is 17.5 Å². The van der Waals surface area contributed by atoms with E-state index in [4.69, 9.17) is 16.3 Å². The van der Waals surface area contributed by atoms with Crippen molar-refractivity contribution in [1.82, 2.24) is 14.7 Å². The lowest BCUT2D eigenvalue weighted by atomic mass is 10.3. The van der Waals surface area contributed by atoms with Gasteiger partial charge in [-0.2, -0.15) is 5.10 Å². The Labute approximate surface area is 157 Å². The number of ether oxygens (including phenoxy) is 1. The normalized spacial score (nSPS) is 10.5. The number of rotatable bonds is 7. The maximum Gasteiger partial charge on any atom is 0.226 e. The maximum absolute atomic E-state index is 12.3. The van der Waals surface area contributed by atoms with E-state index in [-0.39, 0.29) is 18.9 Å². The van der Waals surface area contributed by atoms with Crippen molar-refractivity contribution in [3.8, 4) is 11.4 Å². The molecule has 2 aromatic carbocycles. The molecule has 6 heteroatoms. The lowest BCUT2D eigenvalue weighted by Gasteiger charge is -2.16. The van der Waals surface area contributed by atoms with Crippen molar-refractivity contribution in [2.75, 3.05) is 13.7 Å². The van der Waals surface area contributed by atoms with Gasteiger partial charge in [-0.3, -0.25) is 4.79 Å². The molecule has 0 spiro atoms. The molecule has 1 heterocycles. The monoisotopic (exact) mass is 369 g/mol. The van der Waals surface area contributed by atoms with Crippen LogP contribution in [0.15, 0.2) is 67.0 Å². The molecule has 0 aliphatic heterocycles. The molecular formula is C20H20ClN3O2. The number of carbonyl (C=O) groups is 1. The minimum atomic E-state index is 0.00418. The number of aromatic nitrogens is 2. The van der Waals surface area contributed by atoms with E-state index >= 15 is 0 Å². The topological polar surface area (TPSA) is 47.4 Å². The van der Waals surface area contributed by atoms with Crippen LogP contribution in [0.4, 0.5) is 0 Å². The number of halogens is 1. The fourth-order valence-electron chi connectivity index (χ4n) is 2.53. The summed E-state index contributed by atoms with van der Waals surface area (Å²) in [4.78, 5) is 14.0. The first kappa shape index (κ1) is 18.0. The second-order valence-electron chi connectivity index (χ2n) is 5.91. The second-order valence-corrected chi connectivity index (χ2v) is 6.31.